The molecule has 0 spiro atoms. The van der Waals surface area contributed by atoms with Crippen molar-refractivity contribution >= 4 is 43.3 Å². The topological polar surface area (TPSA) is 60.2 Å². The lowest BCUT2D eigenvalue weighted by Gasteiger charge is -2.02. The van der Waals surface area contributed by atoms with Gasteiger partial charge in [-0.15, -0.1) is 0 Å². The molecule has 15 heavy (non-hydrogen) atoms. The molecule has 80 valence electrons. The summed E-state index contributed by atoms with van der Waals surface area (Å²) in [6, 6.07) is 1.72. The molecule has 1 rings (SSSR count). The largest absolute Gasteiger partial charge is 0.293 e. The molecular formula is C8H4Br2FNO3. The molecule has 1 aromatic rings. The van der Waals surface area contributed by atoms with Gasteiger partial charge in [0.1, 0.15) is 10.3 Å². The first kappa shape index (κ1) is 12.3. The van der Waals surface area contributed by atoms with E-state index >= 15 is 0 Å². The molecule has 0 amide bonds. The SMILES string of the molecule is O=C(CBr)c1cc(F)cc([N+](=O)[O-])c1Br. The lowest BCUT2D eigenvalue weighted by molar-refractivity contribution is -0.385. The average Bonchev–Trinajstić information content (AvgIpc) is 2.19. The minimum atomic E-state index is -0.811. The van der Waals surface area contributed by atoms with Gasteiger partial charge in [-0.05, 0) is 22.0 Å². The van der Waals surface area contributed by atoms with Crippen LogP contribution in [-0.2, 0) is 0 Å². The Hall–Kier alpha value is -0.820. The second-order valence-corrected chi connectivity index (χ2v) is 3.95. The number of nitrogens with zero attached hydrogens (tertiary/aromatic N) is 1. The third-order valence-electron chi connectivity index (χ3n) is 1.64. The zero-order valence-corrected chi connectivity index (χ0v) is 10.3. The van der Waals surface area contributed by atoms with Crippen LogP contribution in [0.4, 0.5) is 10.1 Å². The monoisotopic (exact) mass is 339 g/mol. The molecule has 4 nitrogen and oxygen atoms in total. The Morgan fingerprint density at radius 1 is 1.53 bits per heavy atom. The number of carbonyl (C=O) groups excluding carboxylic acids is 1. The van der Waals surface area contributed by atoms with E-state index in [1.807, 2.05) is 0 Å². The molecule has 0 aliphatic heterocycles. The summed E-state index contributed by atoms with van der Waals surface area (Å²) >= 11 is 5.82. The van der Waals surface area contributed by atoms with E-state index in [1.165, 1.54) is 0 Å². The summed E-state index contributed by atoms with van der Waals surface area (Å²) in [5.41, 5.74) is -0.502. The van der Waals surface area contributed by atoms with Crippen LogP contribution in [-0.4, -0.2) is 16.0 Å². The number of nitro benzene ring substituents is 1. The molecule has 0 saturated heterocycles. The Kier molecular flexibility index (Phi) is 3.92. The summed E-state index contributed by atoms with van der Waals surface area (Å²) < 4.78 is 13.0. The fourth-order valence-corrected chi connectivity index (χ4v) is 1.88. The van der Waals surface area contributed by atoms with Crippen LogP contribution in [0.5, 0.6) is 0 Å². The third kappa shape index (κ3) is 2.60. The van der Waals surface area contributed by atoms with Crippen LogP contribution >= 0.6 is 31.9 Å². The Morgan fingerprint density at radius 3 is 2.60 bits per heavy atom. The van der Waals surface area contributed by atoms with Crippen molar-refractivity contribution < 1.29 is 14.1 Å². The predicted octanol–water partition coefficient (Wildman–Crippen LogP) is 3.07. The molecule has 0 atom stereocenters. The highest BCUT2D eigenvalue weighted by molar-refractivity contribution is 9.10. The van der Waals surface area contributed by atoms with Gasteiger partial charge in [0, 0.05) is 5.56 Å². The summed E-state index contributed by atoms with van der Waals surface area (Å²) in [5.74, 6) is -1.24. The van der Waals surface area contributed by atoms with E-state index in [1.54, 1.807) is 0 Å². The molecule has 0 heterocycles. The van der Waals surface area contributed by atoms with Crippen LogP contribution in [0.1, 0.15) is 10.4 Å². The van der Waals surface area contributed by atoms with E-state index in [0.29, 0.717) is 0 Å². The van der Waals surface area contributed by atoms with E-state index in [9.17, 15) is 19.3 Å². The van der Waals surface area contributed by atoms with Crippen LogP contribution < -0.4 is 0 Å². The van der Waals surface area contributed by atoms with Crippen LogP contribution in [0.3, 0.4) is 0 Å². The summed E-state index contributed by atoms with van der Waals surface area (Å²) in [6.07, 6.45) is 0. The lowest BCUT2D eigenvalue weighted by Crippen LogP contribution is -2.04. The summed E-state index contributed by atoms with van der Waals surface area (Å²) in [6.45, 7) is 0. The zero-order valence-electron chi connectivity index (χ0n) is 7.17. The van der Waals surface area contributed by atoms with Gasteiger partial charge in [-0.3, -0.25) is 14.9 Å². The standard InChI is InChI=1S/C8H4Br2FNO3/c9-3-7(13)5-1-4(11)2-6(8(5)10)12(14)15/h1-2H,3H2. The summed E-state index contributed by atoms with van der Waals surface area (Å²) in [4.78, 5) is 21.1. The van der Waals surface area contributed by atoms with Crippen molar-refractivity contribution in [3.8, 4) is 0 Å². The van der Waals surface area contributed by atoms with E-state index in [4.69, 9.17) is 0 Å². The van der Waals surface area contributed by atoms with Gasteiger partial charge < -0.3 is 0 Å². The number of ketones is 1. The predicted molar refractivity (Wildman–Crippen MR) is 58.9 cm³/mol. The maximum Gasteiger partial charge on any atom is 0.287 e. The maximum atomic E-state index is 13.0. The first-order valence-corrected chi connectivity index (χ1v) is 5.61. The van der Waals surface area contributed by atoms with E-state index in [2.05, 4.69) is 31.9 Å². The summed E-state index contributed by atoms with van der Waals surface area (Å²) in [5, 5.41) is 10.5. The number of rotatable bonds is 3. The number of hydrogen-bond donors (Lipinski definition) is 0. The highest BCUT2D eigenvalue weighted by Crippen LogP contribution is 2.30. The van der Waals surface area contributed by atoms with Gasteiger partial charge >= 0.3 is 0 Å². The Labute approximate surface area is 101 Å². The molecule has 0 aliphatic rings. The summed E-state index contributed by atoms with van der Waals surface area (Å²) in [7, 11) is 0. The second-order valence-electron chi connectivity index (χ2n) is 2.60. The maximum absolute atomic E-state index is 13.0. The fourth-order valence-electron chi connectivity index (χ4n) is 0.983. The van der Waals surface area contributed by atoms with Crippen molar-refractivity contribution in [1.29, 1.82) is 0 Å². The molecule has 0 bridgehead atoms. The van der Waals surface area contributed by atoms with Crippen LogP contribution in [0.25, 0.3) is 0 Å². The molecule has 0 fully saturated rings. The van der Waals surface area contributed by atoms with Gasteiger partial charge in [0.15, 0.2) is 5.78 Å². The number of halogens is 3. The number of hydrogen-bond acceptors (Lipinski definition) is 3. The number of alkyl halides is 1. The second kappa shape index (κ2) is 4.80. The molecule has 0 N–H and O–H groups in total. The van der Waals surface area contributed by atoms with Gasteiger partial charge in [-0.2, -0.15) is 0 Å². The molecule has 0 saturated carbocycles. The number of carbonyl (C=O) groups is 1. The van der Waals surface area contributed by atoms with E-state index in [0.717, 1.165) is 12.1 Å². The smallest absolute Gasteiger partial charge is 0.287 e. The Balaban J connectivity index is 3.41. The van der Waals surface area contributed by atoms with Gasteiger partial charge in [-0.1, -0.05) is 15.9 Å². The minimum absolute atomic E-state index is 0.00153. The molecular weight excluding hydrogens is 337 g/mol. The first-order valence-electron chi connectivity index (χ1n) is 3.70. The normalized spacial score (nSPS) is 10.1. The van der Waals surface area contributed by atoms with Crippen molar-refractivity contribution in [2.75, 3.05) is 5.33 Å². The molecule has 0 unspecified atom stereocenters. The Bertz CT molecular complexity index is 436. The highest BCUT2D eigenvalue weighted by atomic mass is 79.9. The molecule has 1 aromatic carbocycles. The van der Waals surface area contributed by atoms with Gasteiger partial charge in [0.25, 0.3) is 5.69 Å². The van der Waals surface area contributed by atoms with Crippen molar-refractivity contribution in [3.05, 3.63) is 38.1 Å². The lowest BCUT2D eigenvalue weighted by atomic mass is 10.1. The zero-order chi connectivity index (χ0) is 11.6. The van der Waals surface area contributed by atoms with Gasteiger partial charge in [-0.25, -0.2) is 4.39 Å². The number of Topliss-reactive ketones (excluding diaryl/α,β-unsaturated/α-hetero) is 1. The fraction of sp³-hybridized carbons (Fsp3) is 0.125. The minimum Gasteiger partial charge on any atom is -0.293 e. The van der Waals surface area contributed by atoms with Crippen molar-refractivity contribution in [2.24, 2.45) is 0 Å². The van der Waals surface area contributed by atoms with Crippen molar-refractivity contribution in [3.63, 3.8) is 0 Å². The first-order chi connectivity index (χ1) is 6.97. The van der Waals surface area contributed by atoms with Crippen molar-refractivity contribution in [1.82, 2.24) is 0 Å². The van der Waals surface area contributed by atoms with Crippen molar-refractivity contribution in [2.45, 2.75) is 0 Å². The van der Waals surface area contributed by atoms with Gasteiger partial charge in [0.2, 0.25) is 0 Å². The molecule has 0 aliphatic carbocycles. The van der Waals surface area contributed by atoms with E-state index < -0.39 is 22.2 Å². The van der Waals surface area contributed by atoms with Crippen LogP contribution in [0.15, 0.2) is 16.6 Å². The Morgan fingerprint density at radius 2 is 2.13 bits per heavy atom. The van der Waals surface area contributed by atoms with Crippen LogP contribution in [0, 0.1) is 15.9 Å². The van der Waals surface area contributed by atoms with Crippen LogP contribution in [0.2, 0.25) is 0 Å². The molecule has 7 heteroatoms. The third-order valence-corrected chi connectivity index (χ3v) is 2.98. The molecule has 0 radical (unpaired) electrons. The number of nitro groups is 1. The average molecular weight is 341 g/mol. The highest BCUT2D eigenvalue weighted by Gasteiger charge is 2.21. The molecule has 0 aromatic heterocycles. The quantitative estimate of drug-likeness (QED) is 0.367. The van der Waals surface area contributed by atoms with Gasteiger partial charge in [0.05, 0.1) is 16.3 Å². The number of benzene rings is 1. The van der Waals surface area contributed by atoms with E-state index in [-0.39, 0.29) is 15.4 Å².